The zero-order valence-electron chi connectivity index (χ0n) is 23.7. The van der Waals surface area contributed by atoms with Crippen LogP contribution in [-0.4, -0.2) is 73.4 Å². The normalized spacial score (nSPS) is 19.5. The van der Waals surface area contributed by atoms with E-state index in [4.69, 9.17) is 14.2 Å². The third-order valence-corrected chi connectivity index (χ3v) is 9.78. The number of amides is 1. The van der Waals surface area contributed by atoms with E-state index in [9.17, 15) is 18.3 Å². The quantitative estimate of drug-likeness (QED) is 0.272. The highest BCUT2D eigenvalue weighted by Crippen LogP contribution is 2.38. The van der Waals surface area contributed by atoms with Crippen molar-refractivity contribution in [3.05, 3.63) is 66.2 Å². The number of aromatic amines is 1. The molecule has 5 rings (SSSR count). The molecule has 0 bridgehead atoms. The average Bonchev–Trinajstić information content (AvgIpc) is 3.70. The highest BCUT2D eigenvalue weighted by molar-refractivity contribution is 7.89. The van der Waals surface area contributed by atoms with E-state index in [2.05, 4.69) is 15.3 Å². The summed E-state index contributed by atoms with van der Waals surface area (Å²) in [7, 11) is -2.36. The number of nitrogens with one attached hydrogen (secondary N) is 2. The average molecular weight is 599 g/mol. The molecule has 1 amide bonds. The number of nitrogens with zero attached hydrogens (tertiary/aromatic N) is 2. The Morgan fingerprint density at radius 1 is 1.14 bits per heavy atom. The van der Waals surface area contributed by atoms with Crippen LogP contribution in [0.15, 0.2) is 65.3 Å². The number of allylic oxidation sites excluding steroid dienone is 1. The summed E-state index contributed by atoms with van der Waals surface area (Å²) in [4.78, 5) is 21.0. The Labute approximate surface area is 245 Å². The molecule has 1 saturated carbocycles. The number of sulfonamides is 1. The van der Waals surface area contributed by atoms with Crippen molar-refractivity contribution in [2.45, 2.75) is 49.8 Å². The standard InChI is InChI=1S/C30H38N4O7S/c1-39-23-10-12-24(13-11-23)42(37,38)34(14-16-35)15-17-40-29-19-22(21-6-2-3-7-21)18-27(41-29)30(36)31-20-28-32-25-8-4-5-9-26(25)33-28/h4-5,8-13,18,21-22,29,35H,2-3,6-7,14-17,19-20H2,1H3,(H,31,36)(H,32,33)/t22-,29+/m1/s1. The molecule has 0 radical (unpaired) electrons. The van der Waals surface area contributed by atoms with E-state index in [-0.39, 0.29) is 55.3 Å². The molecule has 2 heterocycles. The van der Waals surface area contributed by atoms with Crippen molar-refractivity contribution in [2.75, 3.05) is 33.4 Å². The van der Waals surface area contributed by atoms with Crippen LogP contribution in [0.5, 0.6) is 5.75 Å². The molecule has 0 spiro atoms. The second kappa shape index (κ2) is 13.7. The van der Waals surface area contributed by atoms with Crippen LogP contribution >= 0.6 is 0 Å². The Bertz CT molecular complexity index is 1450. The van der Waals surface area contributed by atoms with E-state index in [1.165, 1.54) is 23.5 Å². The summed E-state index contributed by atoms with van der Waals surface area (Å²) in [5, 5.41) is 12.4. The summed E-state index contributed by atoms with van der Waals surface area (Å²) in [5.74, 6) is 1.60. The number of carbonyl (C=O) groups is 1. The summed E-state index contributed by atoms with van der Waals surface area (Å²) in [6, 6.07) is 13.8. The number of hydrogen-bond donors (Lipinski definition) is 3. The smallest absolute Gasteiger partial charge is 0.286 e. The van der Waals surface area contributed by atoms with E-state index < -0.39 is 16.3 Å². The van der Waals surface area contributed by atoms with Gasteiger partial charge in [0.2, 0.25) is 16.3 Å². The number of aromatic nitrogens is 2. The van der Waals surface area contributed by atoms with Crippen molar-refractivity contribution < 1.29 is 32.5 Å². The van der Waals surface area contributed by atoms with Gasteiger partial charge in [0.15, 0.2) is 5.76 Å². The van der Waals surface area contributed by atoms with Gasteiger partial charge in [-0.25, -0.2) is 13.4 Å². The van der Waals surface area contributed by atoms with Crippen molar-refractivity contribution in [3.63, 3.8) is 0 Å². The third-order valence-electron chi connectivity index (χ3n) is 7.86. The van der Waals surface area contributed by atoms with E-state index in [1.807, 2.05) is 30.3 Å². The van der Waals surface area contributed by atoms with Gasteiger partial charge in [-0.1, -0.05) is 25.0 Å². The fraction of sp³-hybridized carbons (Fsp3) is 0.467. The highest BCUT2D eigenvalue weighted by atomic mass is 32.2. The fourth-order valence-corrected chi connectivity index (χ4v) is 7.06. The number of hydrogen-bond acceptors (Lipinski definition) is 8. The summed E-state index contributed by atoms with van der Waals surface area (Å²) >= 11 is 0. The van der Waals surface area contributed by atoms with E-state index >= 15 is 0 Å². The van der Waals surface area contributed by atoms with E-state index in [0.29, 0.717) is 23.9 Å². The first kappa shape index (κ1) is 30.0. The van der Waals surface area contributed by atoms with Crippen LogP contribution in [0.4, 0.5) is 0 Å². The minimum atomic E-state index is -3.87. The maximum Gasteiger partial charge on any atom is 0.286 e. The Morgan fingerprint density at radius 3 is 2.62 bits per heavy atom. The zero-order chi connectivity index (χ0) is 29.5. The number of rotatable bonds is 13. The molecule has 2 aromatic carbocycles. The van der Waals surface area contributed by atoms with Crippen LogP contribution in [0, 0.1) is 11.8 Å². The van der Waals surface area contributed by atoms with Crippen LogP contribution in [0.1, 0.15) is 37.9 Å². The summed E-state index contributed by atoms with van der Waals surface area (Å²) in [6.07, 6.45) is 6.29. The summed E-state index contributed by atoms with van der Waals surface area (Å²) < 4.78 is 44.8. The zero-order valence-corrected chi connectivity index (χ0v) is 24.5. The number of aliphatic hydroxyl groups excluding tert-OH is 1. The number of benzene rings is 2. The van der Waals surface area contributed by atoms with Crippen molar-refractivity contribution >= 4 is 27.0 Å². The van der Waals surface area contributed by atoms with Gasteiger partial charge in [-0.15, -0.1) is 0 Å². The SMILES string of the molecule is COc1ccc(S(=O)(=O)N(CCO)CCO[C@@H]2C[C@H](C3CCCC3)C=C(C(=O)NCc3nc4ccccc4[nH]3)O2)cc1. The predicted octanol–water partition coefficient (Wildman–Crippen LogP) is 3.32. The first-order chi connectivity index (χ1) is 20.4. The van der Waals surface area contributed by atoms with Crippen LogP contribution in [0.3, 0.4) is 0 Å². The lowest BCUT2D eigenvalue weighted by atomic mass is 9.86. The monoisotopic (exact) mass is 598 g/mol. The lowest BCUT2D eigenvalue weighted by Gasteiger charge is -2.32. The van der Waals surface area contributed by atoms with Crippen LogP contribution in [0.2, 0.25) is 0 Å². The minimum absolute atomic E-state index is 0.0141. The molecular formula is C30H38N4O7S. The molecule has 1 aliphatic carbocycles. The molecule has 0 unspecified atom stereocenters. The molecule has 3 N–H and O–H groups in total. The van der Waals surface area contributed by atoms with Gasteiger partial charge in [0.1, 0.15) is 11.6 Å². The van der Waals surface area contributed by atoms with Gasteiger partial charge in [0, 0.05) is 19.5 Å². The van der Waals surface area contributed by atoms with E-state index in [0.717, 1.165) is 36.7 Å². The number of fused-ring (bicyclic) bond motifs is 1. The predicted molar refractivity (Wildman–Crippen MR) is 156 cm³/mol. The lowest BCUT2D eigenvalue weighted by Crippen LogP contribution is -2.38. The number of H-pyrrole nitrogens is 1. The molecule has 11 nitrogen and oxygen atoms in total. The van der Waals surface area contributed by atoms with Gasteiger partial charge in [-0.05, 0) is 67.2 Å². The Kier molecular flexibility index (Phi) is 9.78. The van der Waals surface area contributed by atoms with Crippen molar-refractivity contribution in [1.29, 1.82) is 0 Å². The molecule has 3 aromatic rings. The molecule has 12 heteroatoms. The van der Waals surface area contributed by atoms with Crippen LogP contribution in [0.25, 0.3) is 11.0 Å². The second-order valence-electron chi connectivity index (χ2n) is 10.6. The Morgan fingerprint density at radius 2 is 1.90 bits per heavy atom. The molecule has 1 aromatic heterocycles. The lowest BCUT2D eigenvalue weighted by molar-refractivity contribution is -0.151. The van der Waals surface area contributed by atoms with Crippen LogP contribution in [-0.2, 0) is 30.8 Å². The molecule has 2 atom stereocenters. The van der Waals surface area contributed by atoms with Gasteiger partial charge in [0.05, 0.1) is 42.8 Å². The minimum Gasteiger partial charge on any atom is -0.497 e. The van der Waals surface area contributed by atoms with Crippen molar-refractivity contribution in [1.82, 2.24) is 19.6 Å². The largest absolute Gasteiger partial charge is 0.497 e. The van der Waals surface area contributed by atoms with Gasteiger partial charge in [0.25, 0.3) is 5.91 Å². The van der Waals surface area contributed by atoms with Crippen molar-refractivity contribution in [2.24, 2.45) is 11.8 Å². The van der Waals surface area contributed by atoms with Gasteiger partial charge in [-0.3, -0.25) is 4.79 Å². The summed E-state index contributed by atoms with van der Waals surface area (Å²) in [5.41, 5.74) is 1.72. The maximum atomic E-state index is 13.2. The Hall–Kier alpha value is -3.45. The Balaban J connectivity index is 1.22. The molecule has 1 aliphatic heterocycles. The van der Waals surface area contributed by atoms with Crippen LogP contribution < -0.4 is 10.1 Å². The first-order valence-electron chi connectivity index (χ1n) is 14.3. The first-order valence-corrected chi connectivity index (χ1v) is 15.8. The fourth-order valence-electron chi connectivity index (χ4n) is 5.65. The number of aliphatic hydroxyl groups is 1. The number of imidazole rings is 1. The van der Waals surface area contributed by atoms with Gasteiger partial charge < -0.3 is 29.6 Å². The summed E-state index contributed by atoms with van der Waals surface area (Å²) in [6.45, 7) is -0.153. The maximum absolute atomic E-state index is 13.2. The molecule has 0 saturated heterocycles. The number of para-hydroxylation sites is 2. The topological polar surface area (TPSA) is 143 Å². The second-order valence-corrected chi connectivity index (χ2v) is 12.5. The number of methoxy groups -OCH3 is 1. The van der Waals surface area contributed by atoms with Gasteiger partial charge in [-0.2, -0.15) is 4.31 Å². The molecule has 226 valence electrons. The van der Waals surface area contributed by atoms with Crippen molar-refractivity contribution in [3.8, 4) is 5.75 Å². The number of carbonyl (C=O) groups excluding carboxylic acids is 1. The molecule has 2 aliphatic rings. The van der Waals surface area contributed by atoms with Gasteiger partial charge >= 0.3 is 0 Å². The van der Waals surface area contributed by atoms with E-state index in [1.54, 1.807) is 12.1 Å². The molecule has 42 heavy (non-hydrogen) atoms. The number of ether oxygens (including phenoxy) is 3. The highest BCUT2D eigenvalue weighted by Gasteiger charge is 2.34. The third kappa shape index (κ3) is 7.12. The molecule has 1 fully saturated rings. The molecular weight excluding hydrogens is 560 g/mol.